The third kappa shape index (κ3) is 3.40. The molecular weight excluding hydrogens is 370 g/mol. The number of hydrogen-bond acceptors (Lipinski definition) is 6. The largest absolute Gasteiger partial charge is 0.270 e. The van der Waals surface area contributed by atoms with Gasteiger partial charge in [-0.2, -0.15) is 0 Å². The second kappa shape index (κ2) is 6.90. The lowest BCUT2D eigenvalue weighted by molar-refractivity contribution is 0.00100. The molecule has 1 atom stereocenters. The normalized spacial score (nSPS) is 20.9. The van der Waals surface area contributed by atoms with Gasteiger partial charge in [0.1, 0.15) is 0 Å². The van der Waals surface area contributed by atoms with Crippen molar-refractivity contribution in [2.75, 3.05) is 32.1 Å². The maximum atomic E-state index is 13.0. The van der Waals surface area contributed by atoms with Gasteiger partial charge in [0.2, 0.25) is 0 Å². The molecule has 1 fully saturated rings. The summed E-state index contributed by atoms with van der Waals surface area (Å²) in [7, 11) is 0.162. The van der Waals surface area contributed by atoms with Crippen LogP contribution >= 0.6 is 0 Å². The van der Waals surface area contributed by atoms with Crippen molar-refractivity contribution < 1.29 is 22.8 Å². The number of rotatable bonds is 5. The molecule has 0 radical (unpaired) electrons. The lowest BCUT2D eigenvalue weighted by Gasteiger charge is -2.33. The van der Waals surface area contributed by atoms with E-state index in [1.165, 1.54) is 29.3 Å². The van der Waals surface area contributed by atoms with Crippen molar-refractivity contribution in [3.8, 4) is 0 Å². The van der Waals surface area contributed by atoms with Crippen molar-refractivity contribution in [1.29, 1.82) is 0 Å². The summed E-state index contributed by atoms with van der Waals surface area (Å²) in [4.78, 5) is 38.9. The number of hydrazine groups is 1. The summed E-state index contributed by atoms with van der Waals surface area (Å²) in [5.74, 6) is -1.34. The number of carbonyl (C=O) groups excluding carboxylic acids is 3. The van der Waals surface area contributed by atoms with Gasteiger partial charge in [-0.1, -0.05) is 6.08 Å². The Hall–Kier alpha value is -2.52. The molecule has 2 aliphatic rings. The maximum absolute atomic E-state index is 13.0. The third-order valence-electron chi connectivity index (χ3n) is 4.72. The first-order valence-corrected chi connectivity index (χ1v) is 10.3. The molecule has 0 spiro atoms. The van der Waals surface area contributed by atoms with Crippen LogP contribution in [0.3, 0.4) is 0 Å². The summed E-state index contributed by atoms with van der Waals surface area (Å²) >= 11 is 0. The van der Waals surface area contributed by atoms with Crippen molar-refractivity contribution in [2.24, 2.45) is 0 Å². The predicted octanol–water partition coefficient (Wildman–Crippen LogP) is 0.575. The van der Waals surface area contributed by atoms with E-state index in [-0.39, 0.29) is 34.7 Å². The van der Waals surface area contributed by atoms with Gasteiger partial charge in [0.15, 0.2) is 9.84 Å². The molecule has 27 heavy (non-hydrogen) atoms. The molecule has 1 aromatic carbocycles. The molecule has 1 aromatic rings. The Morgan fingerprint density at radius 3 is 2.48 bits per heavy atom. The second-order valence-electron chi connectivity index (χ2n) is 6.82. The number of nitrogens with zero attached hydrogens (tertiary/aromatic N) is 3. The van der Waals surface area contributed by atoms with Gasteiger partial charge in [0.25, 0.3) is 17.7 Å². The first kappa shape index (κ1) is 19.2. The molecule has 9 heteroatoms. The van der Waals surface area contributed by atoms with E-state index in [1.54, 1.807) is 19.1 Å². The Morgan fingerprint density at radius 1 is 1.26 bits per heavy atom. The molecule has 2 aliphatic heterocycles. The van der Waals surface area contributed by atoms with E-state index >= 15 is 0 Å². The van der Waals surface area contributed by atoms with Crippen LogP contribution in [0.4, 0.5) is 0 Å². The average Bonchev–Trinajstić information content (AvgIpc) is 3.07. The number of benzene rings is 1. The van der Waals surface area contributed by atoms with Gasteiger partial charge in [-0.05, 0) is 24.6 Å². The smallest absolute Gasteiger partial charge is 0.268 e. The van der Waals surface area contributed by atoms with Crippen LogP contribution in [-0.4, -0.2) is 79.2 Å². The van der Waals surface area contributed by atoms with Crippen LogP contribution in [0.1, 0.15) is 37.5 Å². The minimum Gasteiger partial charge on any atom is -0.270 e. The molecule has 0 aromatic heterocycles. The van der Waals surface area contributed by atoms with Crippen molar-refractivity contribution in [3.63, 3.8) is 0 Å². The van der Waals surface area contributed by atoms with Crippen molar-refractivity contribution >= 4 is 27.6 Å². The van der Waals surface area contributed by atoms with E-state index < -0.39 is 33.6 Å². The predicted molar refractivity (Wildman–Crippen MR) is 98.9 cm³/mol. The summed E-state index contributed by atoms with van der Waals surface area (Å²) in [6.07, 6.45) is 1.82. The van der Waals surface area contributed by atoms with Crippen molar-refractivity contribution in [2.45, 2.75) is 12.5 Å². The van der Waals surface area contributed by atoms with E-state index in [0.717, 1.165) is 4.90 Å². The Morgan fingerprint density at radius 2 is 1.93 bits per heavy atom. The fourth-order valence-electron chi connectivity index (χ4n) is 3.49. The van der Waals surface area contributed by atoms with Crippen LogP contribution in [0.2, 0.25) is 0 Å². The highest BCUT2D eigenvalue weighted by molar-refractivity contribution is 7.91. The fraction of sp³-hybridized carbons (Fsp3) is 0.389. The second-order valence-corrected chi connectivity index (χ2v) is 9.05. The van der Waals surface area contributed by atoms with E-state index in [9.17, 15) is 22.8 Å². The molecule has 0 saturated carbocycles. The highest BCUT2D eigenvalue weighted by Gasteiger charge is 2.38. The number of carbonyl (C=O) groups is 3. The monoisotopic (exact) mass is 391 g/mol. The van der Waals surface area contributed by atoms with Gasteiger partial charge in [0, 0.05) is 26.2 Å². The zero-order valence-electron chi connectivity index (χ0n) is 15.2. The molecule has 3 amide bonds. The SMILES string of the molecule is C=CCN1C(=O)c2ccc(C(=O)N(C3CCS(=O)(=O)C3)N(C)C)cc2C1=O. The lowest BCUT2D eigenvalue weighted by atomic mass is 10.0. The standard InChI is InChI=1S/C18H21N3O5S/c1-4-8-20-17(23)14-6-5-12(10-15(14)18(20)24)16(22)21(19(2)3)13-7-9-27(25,26)11-13/h4-6,10,13H,1,7-9,11H2,2-3H3. The van der Waals surface area contributed by atoms with Crippen LogP contribution in [0.25, 0.3) is 0 Å². The van der Waals surface area contributed by atoms with E-state index in [0.29, 0.717) is 6.42 Å². The Kier molecular flexibility index (Phi) is 4.92. The number of fused-ring (bicyclic) bond motifs is 1. The Labute approximate surface area is 157 Å². The van der Waals surface area contributed by atoms with Crippen LogP contribution < -0.4 is 0 Å². The summed E-state index contributed by atoms with van der Waals surface area (Å²) < 4.78 is 23.6. The van der Waals surface area contributed by atoms with Crippen LogP contribution in [0, 0.1) is 0 Å². The first-order valence-electron chi connectivity index (χ1n) is 8.48. The quantitative estimate of drug-likeness (QED) is 0.414. The van der Waals surface area contributed by atoms with E-state index in [4.69, 9.17) is 0 Å². The summed E-state index contributed by atoms with van der Waals surface area (Å²) in [6.45, 7) is 3.64. The van der Waals surface area contributed by atoms with Crippen molar-refractivity contribution in [1.82, 2.24) is 14.9 Å². The molecule has 0 N–H and O–H groups in total. The highest BCUT2D eigenvalue weighted by Crippen LogP contribution is 2.26. The molecule has 3 rings (SSSR count). The molecular formula is C18H21N3O5S. The molecule has 2 heterocycles. The van der Waals surface area contributed by atoms with Gasteiger partial charge in [-0.3, -0.25) is 24.3 Å². The first-order chi connectivity index (χ1) is 12.7. The Bertz CT molecular complexity index is 938. The van der Waals surface area contributed by atoms with Crippen LogP contribution in [0.15, 0.2) is 30.9 Å². The van der Waals surface area contributed by atoms with E-state index in [2.05, 4.69) is 6.58 Å². The van der Waals surface area contributed by atoms with Crippen molar-refractivity contribution in [3.05, 3.63) is 47.5 Å². The topological polar surface area (TPSA) is 95.1 Å². The van der Waals surface area contributed by atoms with Crippen LogP contribution in [-0.2, 0) is 9.84 Å². The Balaban J connectivity index is 1.93. The summed E-state index contributed by atoms with van der Waals surface area (Å²) in [6, 6.07) is 3.90. The number of imide groups is 1. The van der Waals surface area contributed by atoms with Gasteiger partial charge in [-0.15, -0.1) is 6.58 Å². The minimum atomic E-state index is -3.16. The number of amides is 3. The zero-order valence-corrected chi connectivity index (χ0v) is 16.0. The zero-order chi connectivity index (χ0) is 19.9. The van der Waals surface area contributed by atoms with Crippen LogP contribution in [0.5, 0.6) is 0 Å². The lowest BCUT2D eigenvalue weighted by Crippen LogP contribution is -2.49. The molecule has 8 nitrogen and oxygen atoms in total. The number of hydrogen-bond donors (Lipinski definition) is 0. The third-order valence-corrected chi connectivity index (χ3v) is 6.47. The molecule has 1 saturated heterocycles. The minimum absolute atomic E-state index is 0.0446. The maximum Gasteiger partial charge on any atom is 0.268 e. The summed E-state index contributed by atoms with van der Waals surface area (Å²) in [5.41, 5.74) is 0.650. The van der Waals surface area contributed by atoms with Gasteiger partial charge in [-0.25, -0.2) is 13.4 Å². The number of sulfone groups is 1. The molecule has 0 bridgehead atoms. The molecule has 0 aliphatic carbocycles. The van der Waals surface area contributed by atoms with Gasteiger partial charge in [0.05, 0.1) is 28.7 Å². The average molecular weight is 391 g/mol. The van der Waals surface area contributed by atoms with Gasteiger partial charge >= 0.3 is 0 Å². The highest BCUT2D eigenvalue weighted by atomic mass is 32.2. The van der Waals surface area contributed by atoms with Gasteiger partial charge < -0.3 is 0 Å². The fourth-order valence-corrected chi connectivity index (χ4v) is 5.19. The van der Waals surface area contributed by atoms with E-state index in [1.807, 2.05) is 0 Å². The molecule has 1 unspecified atom stereocenters. The summed E-state index contributed by atoms with van der Waals surface area (Å²) in [5, 5.41) is 2.95. The molecule has 144 valence electrons.